The Morgan fingerprint density at radius 2 is 2.00 bits per heavy atom. The molecule has 0 fully saturated rings. The maximum Gasteiger partial charge on any atom is 0.365 e. The molecule has 0 aliphatic carbocycles. The van der Waals surface area contributed by atoms with Crippen LogP contribution in [0.15, 0.2) is 12.7 Å². The van der Waals surface area contributed by atoms with Crippen LogP contribution in [0.4, 0.5) is 0 Å². The summed E-state index contributed by atoms with van der Waals surface area (Å²) < 4.78 is 9.93. The van der Waals surface area contributed by atoms with E-state index in [1.165, 1.54) is 6.08 Å². The van der Waals surface area contributed by atoms with Crippen molar-refractivity contribution in [2.75, 3.05) is 6.61 Å². The van der Waals surface area contributed by atoms with Crippen LogP contribution in [-0.2, 0) is 19.1 Å². The van der Waals surface area contributed by atoms with Gasteiger partial charge in [0.05, 0.1) is 6.42 Å². The van der Waals surface area contributed by atoms with Crippen molar-refractivity contribution in [1.82, 2.24) is 0 Å². The minimum atomic E-state index is -0.553. The summed E-state index contributed by atoms with van der Waals surface area (Å²) in [6, 6.07) is -0.553. The smallest absolute Gasteiger partial charge is 0.365 e. The van der Waals surface area contributed by atoms with Crippen molar-refractivity contribution in [3.63, 3.8) is 0 Å². The second-order valence-electron chi connectivity index (χ2n) is 4.74. The Bertz CT molecular complexity index is 281. The summed E-state index contributed by atoms with van der Waals surface area (Å²) in [5.74, 6) is -0.754. The van der Waals surface area contributed by atoms with E-state index in [1.807, 2.05) is 0 Å². The average Bonchev–Trinajstić information content (AvgIpc) is 2.20. The molecular formula is C12H22NO4+. The number of hydrogen-bond acceptors (Lipinski definition) is 4. The number of rotatable bonds is 6. The Morgan fingerprint density at radius 3 is 2.47 bits per heavy atom. The maximum atomic E-state index is 11.4. The Labute approximate surface area is 102 Å². The van der Waals surface area contributed by atoms with Gasteiger partial charge in [-0.15, -0.1) is 0 Å². The van der Waals surface area contributed by atoms with Crippen LogP contribution in [0.1, 0.15) is 33.6 Å². The molecule has 5 nitrogen and oxygen atoms in total. The molecular weight excluding hydrogens is 222 g/mol. The Morgan fingerprint density at radius 1 is 1.41 bits per heavy atom. The molecule has 0 amide bonds. The van der Waals surface area contributed by atoms with Gasteiger partial charge < -0.3 is 15.2 Å². The number of quaternary nitrogens is 1. The third-order valence-corrected chi connectivity index (χ3v) is 1.79. The fourth-order valence-electron chi connectivity index (χ4n) is 1.06. The lowest BCUT2D eigenvalue weighted by molar-refractivity contribution is -0.409. The maximum absolute atomic E-state index is 11.4. The quantitative estimate of drug-likeness (QED) is 0.543. The van der Waals surface area contributed by atoms with Gasteiger partial charge in [-0.25, -0.2) is 4.79 Å². The number of esters is 2. The van der Waals surface area contributed by atoms with Gasteiger partial charge in [0.1, 0.15) is 12.2 Å². The van der Waals surface area contributed by atoms with Crippen molar-refractivity contribution in [3.05, 3.63) is 12.7 Å². The van der Waals surface area contributed by atoms with Gasteiger partial charge in [0.25, 0.3) is 0 Å². The standard InChI is InChI=1S/C12H21NO4/c1-5-8-16-11(15)9(13)6-7-10(14)17-12(2,3)4/h5,9H,1,6-8,13H2,2-4H3/p+1/t9-/m0/s1. The van der Waals surface area contributed by atoms with Crippen LogP contribution >= 0.6 is 0 Å². The SMILES string of the molecule is C=CCOC(=O)[C@@H]([NH3+])CCC(=O)OC(C)(C)C. The fourth-order valence-corrected chi connectivity index (χ4v) is 1.06. The largest absolute Gasteiger partial charge is 0.460 e. The van der Waals surface area contributed by atoms with Crippen molar-refractivity contribution in [2.45, 2.75) is 45.3 Å². The summed E-state index contributed by atoms with van der Waals surface area (Å²) in [7, 11) is 0. The van der Waals surface area contributed by atoms with Crippen LogP contribution in [-0.4, -0.2) is 30.2 Å². The van der Waals surface area contributed by atoms with Gasteiger partial charge in [-0.05, 0) is 20.8 Å². The van der Waals surface area contributed by atoms with Crippen LogP contribution < -0.4 is 5.73 Å². The van der Waals surface area contributed by atoms with E-state index in [0.717, 1.165) is 0 Å². The molecule has 0 aromatic rings. The normalized spacial score (nSPS) is 12.7. The Kier molecular flexibility index (Phi) is 6.50. The van der Waals surface area contributed by atoms with Crippen LogP contribution in [0, 0.1) is 0 Å². The van der Waals surface area contributed by atoms with Gasteiger partial charge in [-0.2, -0.15) is 0 Å². The first-order valence-electron chi connectivity index (χ1n) is 5.58. The zero-order valence-corrected chi connectivity index (χ0v) is 10.8. The van der Waals surface area contributed by atoms with E-state index in [-0.39, 0.29) is 19.0 Å². The topological polar surface area (TPSA) is 80.2 Å². The zero-order chi connectivity index (χ0) is 13.5. The third kappa shape index (κ3) is 8.45. The van der Waals surface area contributed by atoms with Crippen molar-refractivity contribution < 1.29 is 24.8 Å². The van der Waals surface area contributed by atoms with Crippen LogP contribution in [0.5, 0.6) is 0 Å². The molecule has 0 aromatic carbocycles. The van der Waals surface area contributed by atoms with Gasteiger partial charge in [-0.3, -0.25) is 4.79 Å². The number of ether oxygens (including phenoxy) is 2. The minimum Gasteiger partial charge on any atom is -0.460 e. The highest BCUT2D eigenvalue weighted by Crippen LogP contribution is 2.09. The van der Waals surface area contributed by atoms with Gasteiger partial charge in [0, 0.05) is 6.42 Å². The predicted molar refractivity (Wildman–Crippen MR) is 62.9 cm³/mol. The number of carbonyl (C=O) groups is 2. The van der Waals surface area contributed by atoms with Gasteiger partial charge in [0.15, 0.2) is 6.04 Å². The second kappa shape index (κ2) is 7.06. The van der Waals surface area contributed by atoms with Gasteiger partial charge >= 0.3 is 11.9 Å². The highest BCUT2D eigenvalue weighted by atomic mass is 16.6. The summed E-state index contributed by atoms with van der Waals surface area (Å²) in [5, 5.41) is 0. The van der Waals surface area contributed by atoms with E-state index < -0.39 is 17.6 Å². The molecule has 17 heavy (non-hydrogen) atoms. The molecule has 98 valence electrons. The highest BCUT2D eigenvalue weighted by Gasteiger charge is 2.22. The van der Waals surface area contributed by atoms with E-state index in [1.54, 1.807) is 20.8 Å². The molecule has 0 aliphatic heterocycles. The summed E-state index contributed by atoms with van der Waals surface area (Å²) in [5.41, 5.74) is 3.14. The lowest BCUT2D eigenvalue weighted by Crippen LogP contribution is -2.65. The van der Waals surface area contributed by atoms with Gasteiger partial charge in [0.2, 0.25) is 0 Å². The first-order chi connectivity index (χ1) is 7.76. The van der Waals surface area contributed by atoms with E-state index in [2.05, 4.69) is 12.3 Å². The monoisotopic (exact) mass is 244 g/mol. The van der Waals surface area contributed by atoms with Crippen molar-refractivity contribution in [1.29, 1.82) is 0 Å². The molecule has 5 heteroatoms. The van der Waals surface area contributed by atoms with Crippen LogP contribution in [0.3, 0.4) is 0 Å². The van der Waals surface area contributed by atoms with Gasteiger partial charge in [-0.1, -0.05) is 12.7 Å². The summed E-state index contributed by atoms with van der Waals surface area (Å²) in [4.78, 5) is 22.7. The molecule has 0 bridgehead atoms. The number of hydrogen-bond donors (Lipinski definition) is 1. The lowest BCUT2D eigenvalue weighted by Gasteiger charge is -2.19. The first-order valence-corrected chi connectivity index (χ1v) is 5.58. The molecule has 0 spiro atoms. The number of carbonyl (C=O) groups excluding carboxylic acids is 2. The molecule has 0 saturated carbocycles. The molecule has 0 rings (SSSR count). The van der Waals surface area contributed by atoms with E-state index in [0.29, 0.717) is 6.42 Å². The van der Waals surface area contributed by atoms with E-state index in [4.69, 9.17) is 9.47 Å². The van der Waals surface area contributed by atoms with E-state index in [9.17, 15) is 9.59 Å². The molecule has 0 aromatic heterocycles. The molecule has 0 radical (unpaired) electrons. The van der Waals surface area contributed by atoms with Crippen LogP contribution in [0.25, 0.3) is 0 Å². The lowest BCUT2D eigenvalue weighted by atomic mass is 10.1. The van der Waals surface area contributed by atoms with Crippen molar-refractivity contribution >= 4 is 11.9 Å². The molecule has 3 N–H and O–H groups in total. The minimum absolute atomic E-state index is 0.161. The zero-order valence-electron chi connectivity index (χ0n) is 10.8. The Hall–Kier alpha value is -1.36. The Balaban J connectivity index is 3.91. The van der Waals surface area contributed by atoms with E-state index >= 15 is 0 Å². The predicted octanol–water partition coefficient (Wildman–Crippen LogP) is 0.448. The molecule has 0 unspecified atom stereocenters. The third-order valence-electron chi connectivity index (χ3n) is 1.79. The highest BCUT2D eigenvalue weighted by molar-refractivity contribution is 5.76. The average molecular weight is 244 g/mol. The van der Waals surface area contributed by atoms with Crippen LogP contribution in [0.2, 0.25) is 0 Å². The molecule has 0 saturated heterocycles. The summed E-state index contributed by atoms with van der Waals surface area (Å²) in [6.07, 6.45) is 1.97. The molecule has 0 heterocycles. The molecule has 1 atom stereocenters. The summed E-state index contributed by atoms with van der Waals surface area (Å²) in [6.45, 7) is 8.99. The summed E-state index contributed by atoms with van der Waals surface area (Å²) >= 11 is 0. The first kappa shape index (κ1) is 15.6. The van der Waals surface area contributed by atoms with Crippen molar-refractivity contribution in [2.24, 2.45) is 0 Å². The van der Waals surface area contributed by atoms with Crippen molar-refractivity contribution in [3.8, 4) is 0 Å². The fraction of sp³-hybridized carbons (Fsp3) is 0.667. The second-order valence-corrected chi connectivity index (χ2v) is 4.74. The molecule has 0 aliphatic rings.